The largest absolute Gasteiger partial charge is 0.446 e. The number of carbonyl (C=O) groups excluding carboxylic acids is 1. The highest BCUT2D eigenvalue weighted by Crippen LogP contribution is 2.27. The van der Waals surface area contributed by atoms with Crippen molar-refractivity contribution in [2.24, 2.45) is 0 Å². The molecular formula is C17H19BrO2. The highest BCUT2D eigenvalue weighted by atomic mass is 79.9. The van der Waals surface area contributed by atoms with Crippen LogP contribution in [0.25, 0.3) is 0 Å². The van der Waals surface area contributed by atoms with E-state index in [1.807, 2.05) is 12.1 Å². The molecule has 1 aromatic carbocycles. The molecule has 0 atom stereocenters. The van der Waals surface area contributed by atoms with Crippen LogP contribution in [0.5, 0.6) is 0 Å². The van der Waals surface area contributed by atoms with Gasteiger partial charge < -0.3 is 4.42 Å². The van der Waals surface area contributed by atoms with E-state index in [-0.39, 0.29) is 5.78 Å². The number of ketones is 1. The van der Waals surface area contributed by atoms with Crippen molar-refractivity contribution in [3.05, 3.63) is 57.5 Å². The molecule has 0 aliphatic carbocycles. The first-order chi connectivity index (χ1) is 9.40. The number of benzene rings is 1. The van der Waals surface area contributed by atoms with Gasteiger partial charge in [-0.1, -0.05) is 45.9 Å². The van der Waals surface area contributed by atoms with Crippen LogP contribution >= 0.6 is 15.9 Å². The Labute approximate surface area is 128 Å². The first kappa shape index (κ1) is 15.0. The molecular weight excluding hydrogens is 316 g/mol. The minimum atomic E-state index is -0.0605. The zero-order chi connectivity index (χ0) is 14.9. The van der Waals surface area contributed by atoms with Crippen molar-refractivity contribution in [3.8, 4) is 0 Å². The second kappa shape index (κ2) is 5.96. The normalized spacial score (nSPS) is 11.3. The quantitative estimate of drug-likeness (QED) is 0.689. The topological polar surface area (TPSA) is 30.2 Å². The van der Waals surface area contributed by atoms with Crippen LogP contribution < -0.4 is 0 Å². The van der Waals surface area contributed by atoms with Gasteiger partial charge in [0, 0.05) is 5.56 Å². The summed E-state index contributed by atoms with van der Waals surface area (Å²) < 4.78 is 5.95. The summed E-state index contributed by atoms with van der Waals surface area (Å²) in [6.07, 6.45) is 0. The van der Waals surface area contributed by atoms with E-state index in [1.54, 1.807) is 12.1 Å². The lowest BCUT2D eigenvalue weighted by Gasteiger charge is -2.15. The Bertz CT molecular complexity index is 624. The van der Waals surface area contributed by atoms with Crippen LogP contribution in [0.1, 0.15) is 66.8 Å². The van der Waals surface area contributed by atoms with Crippen molar-refractivity contribution in [3.63, 3.8) is 0 Å². The Hall–Kier alpha value is -1.35. The smallest absolute Gasteiger partial charge is 0.228 e. The molecule has 0 fully saturated rings. The molecule has 0 saturated heterocycles. The fraction of sp³-hybridized carbons (Fsp3) is 0.353. The van der Waals surface area contributed by atoms with Crippen molar-refractivity contribution < 1.29 is 9.21 Å². The molecule has 2 rings (SSSR count). The minimum absolute atomic E-state index is 0.0605. The molecule has 3 heteroatoms. The number of rotatable bonds is 4. The average molecular weight is 335 g/mol. The van der Waals surface area contributed by atoms with Crippen LogP contribution in [0, 0.1) is 0 Å². The van der Waals surface area contributed by atoms with Gasteiger partial charge in [0.2, 0.25) is 5.78 Å². The van der Waals surface area contributed by atoms with Crippen LogP contribution in [0.15, 0.2) is 39.4 Å². The van der Waals surface area contributed by atoms with Gasteiger partial charge in [-0.2, -0.15) is 0 Å². The van der Waals surface area contributed by atoms with E-state index in [2.05, 4.69) is 49.7 Å². The first-order valence-corrected chi connectivity index (χ1v) is 7.63. The molecule has 2 nitrogen and oxygen atoms in total. The standard InChI is InChI=1S/C17H19BrO2/c1-10(2)12-5-6-13(14(9-12)11(3)4)17(19)15-7-8-16(18)20-15/h5-11H,1-4H3. The monoisotopic (exact) mass is 334 g/mol. The van der Waals surface area contributed by atoms with Crippen molar-refractivity contribution in [2.75, 3.05) is 0 Å². The maximum absolute atomic E-state index is 12.6. The van der Waals surface area contributed by atoms with Gasteiger partial charge in [-0.3, -0.25) is 4.79 Å². The first-order valence-electron chi connectivity index (χ1n) is 6.84. The molecule has 20 heavy (non-hydrogen) atoms. The Morgan fingerprint density at radius 3 is 2.25 bits per heavy atom. The van der Waals surface area contributed by atoms with Gasteiger partial charge in [0.1, 0.15) is 0 Å². The third-order valence-corrected chi connectivity index (χ3v) is 3.83. The number of carbonyl (C=O) groups is 1. The van der Waals surface area contributed by atoms with Crippen LogP contribution in [0.3, 0.4) is 0 Å². The number of halogens is 1. The predicted molar refractivity (Wildman–Crippen MR) is 84.5 cm³/mol. The van der Waals surface area contributed by atoms with E-state index in [4.69, 9.17) is 4.42 Å². The molecule has 0 aliphatic heterocycles. The molecule has 0 amide bonds. The fourth-order valence-corrected chi connectivity index (χ4v) is 2.50. The van der Waals surface area contributed by atoms with Gasteiger partial charge in [0.25, 0.3) is 0 Å². The SMILES string of the molecule is CC(C)c1ccc(C(=O)c2ccc(Br)o2)c(C(C)C)c1. The molecule has 0 saturated carbocycles. The molecule has 1 heterocycles. The summed E-state index contributed by atoms with van der Waals surface area (Å²) in [6, 6.07) is 9.53. The van der Waals surface area contributed by atoms with E-state index < -0.39 is 0 Å². The summed E-state index contributed by atoms with van der Waals surface area (Å²) in [7, 11) is 0. The molecule has 0 unspecified atom stereocenters. The average Bonchev–Trinajstić information content (AvgIpc) is 2.83. The van der Waals surface area contributed by atoms with Gasteiger partial charge in [-0.15, -0.1) is 0 Å². The zero-order valence-electron chi connectivity index (χ0n) is 12.2. The lowest BCUT2D eigenvalue weighted by Crippen LogP contribution is -2.07. The van der Waals surface area contributed by atoms with Gasteiger partial charge in [0.15, 0.2) is 10.4 Å². The highest BCUT2D eigenvalue weighted by molar-refractivity contribution is 9.10. The van der Waals surface area contributed by atoms with E-state index >= 15 is 0 Å². The molecule has 106 valence electrons. The van der Waals surface area contributed by atoms with Crippen LogP contribution in [-0.4, -0.2) is 5.78 Å². The lowest BCUT2D eigenvalue weighted by molar-refractivity contribution is 0.101. The second-order valence-corrected chi connectivity index (χ2v) is 6.37. The number of hydrogen-bond acceptors (Lipinski definition) is 2. The van der Waals surface area contributed by atoms with Gasteiger partial charge in [-0.25, -0.2) is 0 Å². The molecule has 2 aromatic rings. The van der Waals surface area contributed by atoms with Crippen molar-refractivity contribution in [1.82, 2.24) is 0 Å². The van der Waals surface area contributed by atoms with Gasteiger partial charge in [-0.05, 0) is 51.0 Å². The van der Waals surface area contributed by atoms with Crippen molar-refractivity contribution in [1.29, 1.82) is 0 Å². The molecule has 0 aliphatic rings. The maximum Gasteiger partial charge on any atom is 0.228 e. The summed E-state index contributed by atoms with van der Waals surface area (Å²) in [5.41, 5.74) is 3.06. The van der Waals surface area contributed by atoms with E-state index in [0.717, 1.165) is 11.1 Å². The van der Waals surface area contributed by atoms with Gasteiger partial charge >= 0.3 is 0 Å². The molecule has 0 spiro atoms. The summed E-state index contributed by atoms with van der Waals surface area (Å²) in [5.74, 6) is 1.06. The summed E-state index contributed by atoms with van der Waals surface area (Å²) in [6.45, 7) is 8.53. The van der Waals surface area contributed by atoms with Crippen molar-refractivity contribution >= 4 is 21.7 Å². The van der Waals surface area contributed by atoms with Crippen molar-refractivity contribution in [2.45, 2.75) is 39.5 Å². The summed E-state index contributed by atoms with van der Waals surface area (Å²) in [5, 5.41) is 0. The third kappa shape index (κ3) is 3.04. The van der Waals surface area contributed by atoms with Crippen LogP contribution in [-0.2, 0) is 0 Å². The minimum Gasteiger partial charge on any atom is -0.446 e. The molecule has 0 radical (unpaired) electrons. The Kier molecular flexibility index (Phi) is 4.48. The fourth-order valence-electron chi connectivity index (χ4n) is 2.19. The molecule has 0 N–H and O–H groups in total. The zero-order valence-corrected chi connectivity index (χ0v) is 13.8. The lowest BCUT2D eigenvalue weighted by atomic mass is 9.89. The molecule has 1 aromatic heterocycles. The van der Waals surface area contributed by atoms with E-state index in [9.17, 15) is 4.79 Å². The van der Waals surface area contributed by atoms with E-state index in [0.29, 0.717) is 22.3 Å². The van der Waals surface area contributed by atoms with E-state index in [1.165, 1.54) is 5.56 Å². The number of furan rings is 1. The summed E-state index contributed by atoms with van der Waals surface area (Å²) >= 11 is 3.23. The third-order valence-electron chi connectivity index (χ3n) is 3.41. The predicted octanol–water partition coefficient (Wildman–Crippen LogP) is 5.52. The summed E-state index contributed by atoms with van der Waals surface area (Å²) in [4.78, 5) is 12.6. The van der Waals surface area contributed by atoms with Crippen LogP contribution in [0.4, 0.5) is 0 Å². The Morgan fingerprint density at radius 2 is 1.75 bits per heavy atom. The molecule has 0 bridgehead atoms. The Morgan fingerprint density at radius 1 is 1.05 bits per heavy atom. The van der Waals surface area contributed by atoms with Gasteiger partial charge in [0.05, 0.1) is 0 Å². The Balaban J connectivity index is 2.48. The number of hydrogen-bond donors (Lipinski definition) is 0. The second-order valence-electron chi connectivity index (χ2n) is 5.59. The highest BCUT2D eigenvalue weighted by Gasteiger charge is 2.19. The van der Waals surface area contributed by atoms with Crippen LogP contribution in [0.2, 0.25) is 0 Å². The maximum atomic E-state index is 12.6.